The fraction of sp³-hybridized carbons (Fsp3) is 0.600. The predicted octanol–water partition coefficient (Wildman–Crippen LogP) is 1.34. The number of nitrogens with zero attached hydrogens (tertiary/aromatic N) is 2. The first-order chi connectivity index (χ1) is 12.6. The fourth-order valence-electron chi connectivity index (χ4n) is 4.73. The Hall–Kier alpha value is -2.08. The van der Waals surface area contributed by atoms with E-state index >= 15 is 0 Å². The van der Waals surface area contributed by atoms with Gasteiger partial charge in [0.2, 0.25) is 5.91 Å². The van der Waals surface area contributed by atoms with Gasteiger partial charge in [0.15, 0.2) is 0 Å². The molecule has 1 saturated heterocycles. The van der Waals surface area contributed by atoms with Crippen molar-refractivity contribution in [2.24, 2.45) is 17.6 Å². The number of nitrogens with one attached hydrogen (secondary N) is 1. The van der Waals surface area contributed by atoms with Crippen molar-refractivity contribution < 1.29 is 9.59 Å². The van der Waals surface area contributed by atoms with Crippen LogP contribution < -0.4 is 11.1 Å². The first-order valence-corrected chi connectivity index (χ1v) is 9.74. The Labute approximate surface area is 154 Å². The molecule has 4 rings (SSSR count). The van der Waals surface area contributed by atoms with E-state index < -0.39 is 0 Å². The lowest BCUT2D eigenvalue weighted by Gasteiger charge is -2.29. The average molecular weight is 356 g/mol. The number of rotatable bonds is 3. The van der Waals surface area contributed by atoms with Crippen molar-refractivity contribution >= 4 is 11.9 Å². The first-order valence-electron chi connectivity index (χ1n) is 9.74. The van der Waals surface area contributed by atoms with Crippen molar-refractivity contribution in [2.45, 2.75) is 38.3 Å². The smallest absolute Gasteiger partial charge is 0.317 e. The van der Waals surface area contributed by atoms with Gasteiger partial charge in [-0.25, -0.2) is 4.79 Å². The van der Waals surface area contributed by atoms with Crippen molar-refractivity contribution in [1.82, 2.24) is 15.1 Å². The number of fused-ring (bicyclic) bond motifs is 2. The molecule has 0 radical (unpaired) electrons. The number of hydrogen-bond donors (Lipinski definition) is 2. The molecular formula is C20H28N4O2. The van der Waals surface area contributed by atoms with E-state index in [-0.39, 0.29) is 18.0 Å². The van der Waals surface area contributed by atoms with Crippen molar-refractivity contribution in [3.63, 3.8) is 0 Å². The minimum Gasteiger partial charge on any atom is -0.342 e. The third-order valence-electron chi connectivity index (χ3n) is 6.30. The Balaban J connectivity index is 1.21. The van der Waals surface area contributed by atoms with E-state index in [2.05, 4.69) is 17.4 Å². The third kappa shape index (κ3) is 3.43. The summed E-state index contributed by atoms with van der Waals surface area (Å²) >= 11 is 0. The monoisotopic (exact) mass is 356 g/mol. The van der Waals surface area contributed by atoms with Crippen LogP contribution >= 0.6 is 0 Å². The minimum absolute atomic E-state index is 0.0763. The number of urea groups is 1. The standard InChI is InChI=1S/C20H28N4O2/c21-18-6-5-16-12-24(13-17(16)18)19(25)7-9-22-20(26)23-10-8-14-3-1-2-4-15(14)11-23/h1-4,16-18H,5-13,21H2,(H,22,26). The molecule has 2 fully saturated rings. The molecular weight excluding hydrogens is 328 g/mol. The van der Waals surface area contributed by atoms with E-state index in [0.29, 0.717) is 31.3 Å². The SMILES string of the molecule is NC1CCC2CN(C(=O)CCNC(=O)N3CCc4ccccc4C3)CC12. The highest BCUT2D eigenvalue weighted by molar-refractivity contribution is 5.78. The Bertz CT molecular complexity index is 692. The van der Waals surface area contributed by atoms with Gasteiger partial charge in [0.25, 0.3) is 0 Å². The maximum absolute atomic E-state index is 12.4. The fourth-order valence-corrected chi connectivity index (χ4v) is 4.73. The second-order valence-corrected chi connectivity index (χ2v) is 7.89. The molecule has 2 aliphatic heterocycles. The second kappa shape index (κ2) is 7.27. The summed E-state index contributed by atoms with van der Waals surface area (Å²) in [4.78, 5) is 28.6. The van der Waals surface area contributed by atoms with Crippen LogP contribution in [0.3, 0.4) is 0 Å². The quantitative estimate of drug-likeness (QED) is 0.858. The normalized spacial score (nSPS) is 27.2. The molecule has 1 aliphatic carbocycles. The molecule has 2 heterocycles. The summed E-state index contributed by atoms with van der Waals surface area (Å²) in [6.07, 6.45) is 3.49. The van der Waals surface area contributed by atoms with Gasteiger partial charge in [0.05, 0.1) is 0 Å². The molecule has 140 valence electrons. The Morgan fingerprint density at radius 3 is 2.73 bits per heavy atom. The van der Waals surface area contributed by atoms with E-state index in [1.165, 1.54) is 11.1 Å². The Kier molecular flexibility index (Phi) is 4.85. The van der Waals surface area contributed by atoms with Crippen molar-refractivity contribution in [3.05, 3.63) is 35.4 Å². The molecule has 0 bridgehead atoms. The zero-order chi connectivity index (χ0) is 18.1. The molecule has 1 saturated carbocycles. The van der Waals surface area contributed by atoms with E-state index in [0.717, 1.165) is 38.9 Å². The highest BCUT2D eigenvalue weighted by Gasteiger charge is 2.42. The highest BCUT2D eigenvalue weighted by Crippen LogP contribution is 2.37. The van der Waals surface area contributed by atoms with E-state index in [4.69, 9.17) is 5.73 Å². The maximum atomic E-state index is 12.4. The lowest BCUT2D eigenvalue weighted by atomic mass is 9.98. The molecule has 3 amide bonds. The summed E-state index contributed by atoms with van der Waals surface area (Å²) in [5, 5.41) is 2.91. The zero-order valence-electron chi connectivity index (χ0n) is 15.2. The van der Waals surface area contributed by atoms with Crippen LogP contribution in [0, 0.1) is 11.8 Å². The summed E-state index contributed by atoms with van der Waals surface area (Å²) < 4.78 is 0. The summed E-state index contributed by atoms with van der Waals surface area (Å²) in [5.74, 6) is 1.19. The molecule has 6 nitrogen and oxygen atoms in total. The molecule has 1 aromatic carbocycles. The van der Waals surface area contributed by atoms with Gasteiger partial charge in [0.1, 0.15) is 0 Å². The number of carbonyl (C=O) groups is 2. The van der Waals surface area contributed by atoms with Crippen LogP contribution in [-0.4, -0.2) is 54.0 Å². The van der Waals surface area contributed by atoms with Crippen LogP contribution in [0.2, 0.25) is 0 Å². The number of hydrogen-bond acceptors (Lipinski definition) is 3. The van der Waals surface area contributed by atoms with Gasteiger partial charge in [-0.15, -0.1) is 0 Å². The lowest BCUT2D eigenvalue weighted by Crippen LogP contribution is -2.44. The lowest BCUT2D eigenvalue weighted by molar-refractivity contribution is -0.130. The molecule has 3 aliphatic rings. The minimum atomic E-state index is -0.0763. The van der Waals surface area contributed by atoms with Crippen molar-refractivity contribution in [3.8, 4) is 0 Å². The van der Waals surface area contributed by atoms with Crippen LogP contribution in [0.4, 0.5) is 4.79 Å². The van der Waals surface area contributed by atoms with E-state index in [9.17, 15) is 9.59 Å². The summed E-state index contributed by atoms with van der Waals surface area (Å²) in [6, 6.07) is 8.43. The van der Waals surface area contributed by atoms with Gasteiger partial charge < -0.3 is 20.9 Å². The van der Waals surface area contributed by atoms with E-state index in [1.807, 2.05) is 21.9 Å². The average Bonchev–Trinajstić information content (AvgIpc) is 3.23. The van der Waals surface area contributed by atoms with Crippen molar-refractivity contribution in [2.75, 3.05) is 26.2 Å². The second-order valence-electron chi connectivity index (χ2n) is 7.89. The van der Waals surface area contributed by atoms with Crippen LogP contribution in [0.15, 0.2) is 24.3 Å². The summed E-state index contributed by atoms with van der Waals surface area (Å²) in [5.41, 5.74) is 8.67. The number of likely N-dealkylation sites (tertiary alicyclic amines) is 1. The number of carbonyl (C=O) groups excluding carboxylic acids is 2. The summed E-state index contributed by atoms with van der Waals surface area (Å²) in [7, 11) is 0. The highest BCUT2D eigenvalue weighted by atomic mass is 16.2. The Morgan fingerprint density at radius 2 is 1.92 bits per heavy atom. The molecule has 26 heavy (non-hydrogen) atoms. The van der Waals surface area contributed by atoms with Gasteiger partial charge in [-0.1, -0.05) is 24.3 Å². The number of benzene rings is 1. The molecule has 1 aromatic rings. The largest absolute Gasteiger partial charge is 0.342 e. The molecule has 6 heteroatoms. The van der Waals surface area contributed by atoms with Gasteiger partial charge >= 0.3 is 6.03 Å². The number of nitrogens with two attached hydrogens (primary N) is 1. The maximum Gasteiger partial charge on any atom is 0.317 e. The van der Waals surface area contributed by atoms with Crippen LogP contribution in [0.5, 0.6) is 0 Å². The molecule has 3 N–H and O–H groups in total. The molecule has 0 aromatic heterocycles. The first kappa shape index (κ1) is 17.3. The zero-order valence-corrected chi connectivity index (χ0v) is 15.2. The molecule has 3 unspecified atom stereocenters. The third-order valence-corrected chi connectivity index (χ3v) is 6.30. The summed E-state index contributed by atoms with van der Waals surface area (Å²) in [6.45, 7) is 3.40. The topological polar surface area (TPSA) is 78.7 Å². The van der Waals surface area contributed by atoms with Gasteiger partial charge in [-0.3, -0.25) is 4.79 Å². The van der Waals surface area contributed by atoms with Crippen LogP contribution in [-0.2, 0) is 17.8 Å². The number of amides is 3. The predicted molar refractivity (Wildman–Crippen MR) is 99.3 cm³/mol. The van der Waals surface area contributed by atoms with Crippen molar-refractivity contribution in [1.29, 1.82) is 0 Å². The Morgan fingerprint density at radius 1 is 1.12 bits per heavy atom. The van der Waals surface area contributed by atoms with Crippen LogP contribution in [0.1, 0.15) is 30.4 Å². The van der Waals surface area contributed by atoms with E-state index in [1.54, 1.807) is 0 Å². The van der Waals surface area contributed by atoms with Gasteiger partial charge in [-0.05, 0) is 42.2 Å². The van der Waals surface area contributed by atoms with Gasteiger partial charge in [0, 0.05) is 45.2 Å². The van der Waals surface area contributed by atoms with Gasteiger partial charge in [-0.2, -0.15) is 0 Å². The van der Waals surface area contributed by atoms with Crippen LogP contribution in [0.25, 0.3) is 0 Å². The molecule has 3 atom stereocenters. The molecule has 0 spiro atoms.